The second kappa shape index (κ2) is 5.55. The van der Waals surface area contributed by atoms with Crippen LogP contribution in [0.5, 0.6) is 0 Å². The predicted octanol–water partition coefficient (Wildman–Crippen LogP) is 1.12. The molecule has 0 aliphatic heterocycles. The fourth-order valence-electron chi connectivity index (χ4n) is 1.70. The van der Waals surface area contributed by atoms with Gasteiger partial charge in [-0.2, -0.15) is 0 Å². The molecule has 1 aliphatic carbocycles. The fourth-order valence-corrected chi connectivity index (χ4v) is 1.70. The predicted molar refractivity (Wildman–Crippen MR) is 71.7 cm³/mol. The van der Waals surface area contributed by atoms with Crippen molar-refractivity contribution in [2.45, 2.75) is 12.8 Å². The Morgan fingerprint density at radius 2 is 2.16 bits per heavy atom. The molecule has 0 aromatic heterocycles. The maximum Gasteiger partial charge on any atom is 0.271 e. The Hall–Kier alpha value is -2.31. The molecule has 1 fully saturated rings. The summed E-state index contributed by atoms with van der Waals surface area (Å²) in [7, 11) is 0. The van der Waals surface area contributed by atoms with Gasteiger partial charge in [-0.05, 0) is 18.9 Å². The van der Waals surface area contributed by atoms with E-state index >= 15 is 0 Å². The molecular weight excluding hydrogens is 248 g/mol. The SMILES string of the molecule is Nc1cc([N+](=O)[O-])ccc1NCCNC(=O)C1CC1. The summed E-state index contributed by atoms with van der Waals surface area (Å²) in [6.07, 6.45) is 1.96. The first kappa shape index (κ1) is 13.1. The molecule has 1 saturated carbocycles. The molecule has 0 spiro atoms. The van der Waals surface area contributed by atoms with Gasteiger partial charge in [-0.25, -0.2) is 0 Å². The van der Waals surface area contributed by atoms with E-state index in [0.717, 1.165) is 12.8 Å². The van der Waals surface area contributed by atoms with E-state index in [0.29, 0.717) is 24.5 Å². The first-order valence-electron chi connectivity index (χ1n) is 6.13. The first-order chi connectivity index (χ1) is 9.08. The van der Waals surface area contributed by atoms with Gasteiger partial charge in [0.2, 0.25) is 5.91 Å². The quantitative estimate of drug-likeness (QED) is 0.308. The molecule has 7 nitrogen and oxygen atoms in total. The summed E-state index contributed by atoms with van der Waals surface area (Å²) in [6.45, 7) is 1.03. The molecule has 0 heterocycles. The van der Waals surface area contributed by atoms with E-state index in [9.17, 15) is 14.9 Å². The van der Waals surface area contributed by atoms with E-state index in [1.807, 2.05) is 0 Å². The van der Waals surface area contributed by atoms with Gasteiger partial charge in [-0.1, -0.05) is 0 Å². The summed E-state index contributed by atoms with van der Waals surface area (Å²) in [5.74, 6) is 0.294. The van der Waals surface area contributed by atoms with Crippen molar-refractivity contribution in [1.82, 2.24) is 5.32 Å². The highest BCUT2D eigenvalue weighted by Crippen LogP contribution is 2.28. The summed E-state index contributed by atoms with van der Waals surface area (Å²) in [6, 6.07) is 4.27. The average molecular weight is 264 g/mol. The highest BCUT2D eigenvalue weighted by molar-refractivity contribution is 5.80. The number of benzene rings is 1. The number of anilines is 2. The molecular formula is C12H16N4O3. The Bertz CT molecular complexity index is 500. The van der Waals surface area contributed by atoms with Crippen LogP contribution in [0.1, 0.15) is 12.8 Å². The van der Waals surface area contributed by atoms with Crippen LogP contribution in [-0.4, -0.2) is 23.9 Å². The monoisotopic (exact) mass is 264 g/mol. The number of rotatable bonds is 6. The first-order valence-corrected chi connectivity index (χ1v) is 6.13. The third kappa shape index (κ3) is 3.57. The maximum absolute atomic E-state index is 11.4. The van der Waals surface area contributed by atoms with E-state index in [1.54, 1.807) is 6.07 Å². The van der Waals surface area contributed by atoms with Crippen LogP contribution < -0.4 is 16.4 Å². The lowest BCUT2D eigenvalue weighted by molar-refractivity contribution is -0.384. The number of nitrogens with zero attached hydrogens (tertiary/aromatic N) is 1. The summed E-state index contributed by atoms with van der Waals surface area (Å²) >= 11 is 0. The zero-order valence-corrected chi connectivity index (χ0v) is 10.4. The molecule has 1 aromatic carbocycles. The van der Waals surface area contributed by atoms with Crippen LogP contribution in [0.15, 0.2) is 18.2 Å². The number of hydrogen-bond donors (Lipinski definition) is 3. The van der Waals surface area contributed by atoms with Crippen LogP contribution in [0.4, 0.5) is 17.1 Å². The zero-order chi connectivity index (χ0) is 13.8. The van der Waals surface area contributed by atoms with Gasteiger partial charge in [0.1, 0.15) is 0 Å². The second-order valence-electron chi connectivity index (χ2n) is 4.52. The van der Waals surface area contributed by atoms with E-state index in [2.05, 4.69) is 10.6 Å². The molecule has 1 amide bonds. The average Bonchev–Trinajstić information content (AvgIpc) is 3.19. The molecule has 19 heavy (non-hydrogen) atoms. The number of nitro groups is 1. The molecule has 0 unspecified atom stereocenters. The van der Waals surface area contributed by atoms with Gasteiger partial charge in [0.25, 0.3) is 5.69 Å². The highest BCUT2D eigenvalue weighted by atomic mass is 16.6. The number of nitrogen functional groups attached to an aromatic ring is 1. The number of nitrogens with one attached hydrogen (secondary N) is 2. The van der Waals surface area contributed by atoms with Crippen LogP contribution in [0.25, 0.3) is 0 Å². The molecule has 4 N–H and O–H groups in total. The molecule has 0 bridgehead atoms. The van der Waals surface area contributed by atoms with Crippen molar-refractivity contribution in [3.05, 3.63) is 28.3 Å². The standard InChI is InChI=1S/C12H16N4O3/c13-10-7-9(16(18)19)3-4-11(10)14-5-6-15-12(17)8-1-2-8/h3-4,7-8,14H,1-2,5-6,13H2,(H,15,17). The van der Waals surface area contributed by atoms with Crippen molar-refractivity contribution < 1.29 is 9.72 Å². The van der Waals surface area contributed by atoms with Crippen molar-refractivity contribution in [1.29, 1.82) is 0 Å². The second-order valence-corrected chi connectivity index (χ2v) is 4.52. The summed E-state index contributed by atoms with van der Waals surface area (Å²) < 4.78 is 0. The Morgan fingerprint density at radius 3 is 2.74 bits per heavy atom. The summed E-state index contributed by atoms with van der Waals surface area (Å²) in [4.78, 5) is 21.4. The Labute approximate surface area is 110 Å². The van der Waals surface area contributed by atoms with Gasteiger partial charge in [0.05, 0.1) is 16.3 Å². The number of amides is 1. The molecule has 0 saturated heterocycles. The van der Waals surface area contributed by atoms with Gasteiger partial charge in [-0.3, -0.25) is 14.9 Å². The zero-order valence-electron chi connectivity index (χ0n) is 10.4. The van der Waals surface area contributed by atoms with Crippen molar-refractivity contribution in [2.75, 3.05) is 24.1 Å². The van der Waals surface area contributed by atoms with Gasteiger partial charge in [-0.15, -0.1) is 0 Å². The van der Waals surface area contributed by atoms with E-state index < -0.39 is 4.92 Å². The van der Waals surface area contributed by atoms with Crippen molar-refractivity contribution >= 4 is 23.0 Å². The number of carbonyl (C=O) groups excluding carboxylic acids is 1. The fraction of sp³-hybridized carbons (Fsp3) is 0.417. The topological polar surface area (TPSA) is 110 Å². The van der Waals surface area contributed by atoms with Gasteiger partial charge < -0.3 is 16.4 Å². The van der Waals surface area contributed by atoms with Gasteiger partial charge in [0.15, 0.2) is 0 Å². The highest BCUT2D eigenvalue weighted by Gasteiger charge is 2.28. The minimum atomic E-state index is -0.490. The molecule has 7 heteroatoms. The molecule has 0 radical (unpaired) electrons. The molecule has 1 aliphatic rings. The summed E-state index contributed by atoms with van der Waals surface area (Å²) in [5.41, 5.74) is 6.62. The van der Waals surface area contributed by atoms with Gasteiger partial charge in [0, 0.05) is 31.1 Å². The van der Waals surface area contributed by atoms with Crippen LogP contribution in [-0.2, 0) is 4.79 Å². The normalized spacial score (nSPS) is 13.9. The largest absolute Gasteiger partial charge is 0.397 e. The Balaban J connectivity index is 1.79. The van der Waals surface area contributed by atoms with E-state index in [4.69, 9.17) is 5.73 Å². The minimum Gasteiger partial charge on any atom is -0.397 e. The lowest BCUT2D eigenvalue weighted by Crippen LogP contribution is -2.29. The third-order valence-electron chi connectivity index (χ3n) is 2.93. The van der Waals surface area contributed by atoms with Crippen molar-refractivity contribution in [2.24, 2.45) is 5.92 Å². The van der Waals surface area contributed by atoms with Crippen LogP contribution in [0.2, 0.25) is 0 Å². The smallest absolute Gasteiger partial charge is 0.271 e. The number of nitrogens with two attached hydrogens (primary N) is 1. The molecule has 102 valence electrons. The van der Waals surface area contributed by atoms with Crippen LogP contribution in [0, 0.1) is 16.0 Å². The minimum absolute atomic E-state index is 0.0370. The molecule has 1 aromatic rings. The lowest BCUT2D eigenvalue weighted by Gasteiger charge is -2.09. The number of nitro benzene ring substituents is 1. The number of non-ortho nitro benzene ring substituents is 1. The molecule has 0 atom stereocenters. The van der Waals surface area contributed by atoms with Gasteiger partial charge >= 0.3 is 0 Å². The third-order valence-corrected chi connectivity index (χ3v) is 2.93. The Kier molecular flexibility index (Phi) is 3.84. The van der Waals surface area contributed by atoms with Crippen LogP contribution in [0.3, 0.4) is 0 Å². The summed E-state index contributed by atoms with van der Waals surface area (Å²) in [5, 5.41) is 16.4. The molecule has 2 rings (SSSR count). The number of hydrogen-bond acceptors (Lipinski definition) is 5. The Morgan fingerprint density at radius 1 is 1.42 bits per heavy atom. The van der Waals surface area contributed by atoms with E-state index in [-0.39, 0.29) is 17.5 Å². The maximum atomic E-state index is 11.4. The lowest BCUT2D eigenvalue weighted by atomic mass is 10.2. The van der Waals surface area contributed by atoms with E-state index in [1.165, 1.54) is 12.1 Å². The van der Waals surface area contributed by atoms with Crippen LogP contribution >= 0.6 is 0 Å². The van der Waals surface area contributed by atoms with Crippen molar-refractivity contribution in [3.63, 3.8) is 0 Å². The van der Waals surface area contributed by atoms with Crippen molar-refractivity contribution in [3.8, 4) is 0 Å². The number of carbonyl (C=O) groups is 1.